The topological polar surface area (TPSA) is 52.7 Å². The summed E-state index contributed by atoms with van der Waals surface area (Å²) in [5, 5.41) is 2.86. The van der Waals surface area contributed by atoms with Crippen molar-refractivity contribution in [3.8, 4) is 0 Å². The van der Waals surface area contributed by atoms with Crippen molar-refractivity contribution in [1.82, 2.24) is 0 Å². The zero-order chi connectivity index (χ0) is 19.4. The fraction of sp³-hybridized carbons (Fsp3) is 0.333. The van der Waals surface area contributed by atoms with Crippen LogP contribution in [-0.4, -0.2) is 32.5 Å². The van der Waals surface area contributed by atoms with Crippen LogP contribution in [-0.2, 0) is 9.59 Å². The summed E-state index contributed by atoms with van der Waals surface area (Å²) in [5.41, 5.74) is 5.68. The first-order valence-electron chi connectivity index (χ1n) is 8.62. The van der Waals surface area contributed by atoms with Crippen molar-refractivity contribution in [3.63, 3.8) is 0 Å². The maximum Gasteiger partial charge on any atom is 0.244 e. The fourth-order valence-corrected chi connectivity index (χ4v) is 3.13. The predicted molar refractivity (Wildman–Crippen MR) is 108 cm³/mol. The van der Waals surface area contributed by atoms with Gasteiger partial charge in [0.15, 0.2) is 0 Å². The average molecular weight is 353 g/mol. The molecule has 0 saturated carbocycles. The highest BCUT2D eigenvalue weighted by Gasteiger charge is 2.20. The number of anilines is 3. The maximum atomic E-state index is 12.5. The average Bonchev–Trinajstić information content (AvgIpc) is 2.53. The van der Waals surface area contributed by atoms with Gasteiger partial charge in [-0.25, -0.2) is 0 Å². The van der Waals surface area contributed by atoms with Gasteiger partial charge in [-0.1, -0.05) is 17.7 Å². The SMILES string of the molecule is CC(=O)N(CC(=O)Nc1ccc(N(C)C)cc1)c1c(C)cc(C)cc1C. The Morgan fingerprint density at radius 1 is 0.962 bits per heavy atom. The number of carbonyl (C=O) groups is 2. The second-order valence-electron chi connectivity index (χ2n) is 6.84. The van der Waals surface area contributed by atoms with Crippen LogP contribution in [0, 0.1) is 20.8 Å². The van der Waals surface area contributed by atoms with E-state index in [1.165, 1.54) is 11.8 Å². The zero-order valence-electron chi connectivity index (χ0n) is 16.4. The van der Waals surface area contributed by atoms with Crippen molar-refractivity contribution in [3.05, 3.63) is 53.1 Å². The lowest BCUT2D eigenvalue weighted by molar-refractivity contribution is -0.120. The molecule has 0 aliphatic rings. The van der Waals surface area contributed by atoms with Crippen molar-refractivity contribution in [1.29, 1.82) is 0 Å². The third-order valence-electron chi connectivity index (χ3n) is 4.25. The maximum absolute atomic E-state index is 12.5. The van der Waals surface area contributed by atoms with Gasteiger partial charge in [-0.05, 0) is 56.2 Å². The molecular formula is C21H27N3O2. The second kappa shape index (κ2) is 8.04. The Morgan fingerprint density at radius 2 is 1.50 bits per heavy atom. The number of hydrogen-bond donors (Lipinski definition) is 1. The van der Waals surface area contributed by atoms with Gasteiger partial charge in [0.2, 0.25) is 11.8 Å². The number of carbonyl (C=O) groups excluding carboxylic acids is 2. The van der Waals surface area contributed by atoms with Crippen molar-refractivity contribution in [2.45, 2.75) is 27.7 Å². The smallest absolute Gasteiger partial charge is 0.244 e. The third-order valence-corrected chi connectivity index (χ3v) is 4.25. The summed E-state index contributed by atoms with van der Waals surface area (Å²) in [7, 11) is 3.93. The van der Waals surface area contributed by atoms with Crippen LogP contribution in [0.25, 0.3) is 0 Å². The molecule has 0 radical (unpaired) electrons. The Balaban J connectivity index is 2.18. The van der Waals surface area contributed by atoms with E-state index in [9.17, 15) is 9.59 Å². The molecule has 5 nitrogen and oxygen atoms in total. The number of benzene rings is 2. The van der Waals surface area contributed by atoms with E-state index in [0.717, 1.165) is 28.1 Å². The van der Waals surface area contributed by atoms with Gasteiger partial charge in [-0.15, -0.1) is 0 Å². The zero-order valence-corrected chi connectivity index (χ0v) is 16.4. The van der Waals surface area contributed by atoms with E-state index < -0.39 is 0 Å². The minimum absolute atomic E-state index is 0.0183. The molecule has 0 aliphatic heterocycles. The number of hydrogen-bond acceptors (Lipinski definition) is 3. The van der Waals surface area contributed by atoms with Crippen LogP contribution in [0.15, 0.2) is 36.4 Å². The highest BCUT2D eigenvalue weighted by atomic mass is 16.2. The minimum Gasteiger partial charge on any atom is -0.378 e. The van der Waals surface area contributed by atoms with Gasteiger partial charge in [0, 0.05) is 32.4 Å². The van der Waals surface area contributed by atoms with Gasteiger partial charge in [-0.2, -0.15) is 0 Å². The lowest BCUT2D eigenvalue weighted by Gasteiger charge is -2.25. The first kappa shape index (κ1) is 19.5. The molecule has 2 amide bonds. The van der Waals surface area contributed by atoms with Crippen molar-refractivity contribution >= 4 is 28.9 Å². The van der Waals surface area contributed by atoms with E-state index >= 15 is 0 Å². The van der Waals surface area contributed by atoms with E-state index in [1.807, 2.05) is 76.2 Å². The van der Waals surface area contributed by atoms with Gasteiger partial charge in [0.05, 0.1) is 5.69 Å². The molecule has 0 aliphatic carbocycles. The van der Waals surface area contributed by atoms with Gasteiger partial charge < -0.3 is 15.1 Å². The molecule has 0 bridgehead atoms. The minimum atomic E-state index is -0.225. The molecule has 0 heterocycles. The summed E-state index contributed by atoms with van der Waals surface area (Å²) in [4.78, 5) is 28.2. The summed E-state index contributed by atoms with van der Waals surface area (Å²) in [6.07, 6.45) is 0. The van der Waals surface area contributed by atoms with E-state index in [4.69, 9.17) is 0 Å². The van der Waals surface area contributed by atoms with E-state index in [2.05, 4.69) is 5.32 Å². The number of nitrogens with zero attached hydrogens (tertiary/aromatic N) is 2. The molecule has 0 unspecified atom stereocenters. The van der Waals surface area contributed by atoms with Crippen molar-refractivity contribution in [2.75, 3.05) is 35.8 Å². The van der Waals surface area contributed by atoms with Crippen LogP contribution < -0.4 is 15.1 Å². The summed E-state index contributed by atoms with van der Waals surface area (Å²) in [5.74, 6) is -0.379. The molecule has 0 spiro atoms. The molecule has 0 aromatic heterocycles. The molecule has 5 heteroatoms. The monoisotopic (exact) mass is 353 g/mol. The lowest BCUT2D eigenvalue weighted by Crippen LogP contribution is -2.37. The van der Waals surface area contributed by atoms with Gasteiger partial charge in [-0.3, -0.25) is 9.59 Å². The van der Waals surface area contributed by atoms with Gasteiger partial charge in [0.25, 0.3) is 0 Å². The highest BCUT2D eigenvalue weighted by molar-refractivity contribution is 6.02. The molecule has 2 rings (SSSR count). The normalized spacial score (nSPS) is 10.4. The largest absolute Gasteiger partial charge is 0.378 e. The quantitative estimate of drug-likeness (QED) is 0.892. The fourth-order valence-electron chi connectivity index (χ4n) is 3.13. The van der Waals surface area contributed by atoms with E-state index in [1.54, 1.807) is 0 Å². The molecule has 2 aromatic rings. The highest BCUT2D eigenvalue weighted by Crippen LogP contribution is 2.26. The van der Waals surface area contributed by atoms with Crippen LogP contribution in [0.1, 0.15) is 23.6 Å². The summed E-state index contributed by atoms with van der Waals surface area (Å²) in [6.45, 7) is 7.41. The molecule has 138 valence electrons. The summed E-state index contributed by atoms with van der Waals surface area (Å²) < 4.78 is 0. The lowest BCUT2D eigenvalue weighted by atomic mass is 10.0. The summed E-state index contributed by atoms with van der Waals surface area (Å²) in [6, 6.07) is 11.6. The first-order chi connectivity index (χ1) is 12.2. The van der Waals surface area contributed by atoms with Crippen LogP contribution in [0.3, 0.4) is 0 Å². The Morgan fingerprint density at radius 3 is 1.96 bits per heavy atom. The molecular weight excluding hydrogens is 326 g/mol. The van der Waals surface area contributed by atoms with Crippen molar-refractivity contribution < 1.29 is 9.59 Å². The third kappa shape index (κ3) is 4.63. The van der Waals surface area contributed by atoms with Crippen LogP contribution >= 0.6 is 0 Å². The molecule has 0 saturated heterocycles. The number of amides is 2. The van der Waals surface area contributed by atoms with Gasteiger partial charge in [0.1, 0.15) is 6.54 Å². The number of rotatable bonds is 5. The molecule has 0 fully saturated rings. The number of aryl methyl sites for hydroxylation is 3. The molecule has 0 atom stereocenters. The Labute approximate surface area is 155 Å². The first-order valence-corrected chi connectivity index (χ1v) is 8.62. The molecule has 2 aromatic carbocycles. The van der Waals surface area contributed by atoms with Crippen LogP contribution in [0.2, 0.25) is 0 Å². The van der Waals surface area contributed by atoms with Crippen LogP contribution in [0.4, 0.5) is 17.1 Å². The predicted octanol–water partition coefficient (Wildman–Crippen LogP) is 3.67. The molecule has 26 heavy (non-hydrogen) atoms. The Hall–Kier alpha value is -2.82. The Bertz CT molecular complexity index is 788. The molecule has 1 N–H and O–H groups in total. The Kier molecular flexibility index (Phi) is 6.03. The summed E-state index contributed by atoms with van der Waals surface area (Å²) >= 11 is 0. The van der Waals surface area contributed by atoms with Gasteiger partial charge >= 0.3 is 0 Å². The number of nitrogens with one attached hydrogen (secondary N) is 1. The van der Waals surface area contributed by atoms with E-state index in [0.29, 0.717) is 5.69 Å². The standard InChI is InChI=1S/C21H27N3O2/c1-14-11-15(2)21(16(3)12-14)24(17(4)25)13-20(26)22-18-7-9-19(10-8-18)23(5)6/h7-12H,13H2,1-6H3,(H,22,26). The van der Waals surface area contributed by atoms with E-state index in [-0.39, 0.29) is 18.4 Å². The van der Waals surface area contributed by atoms with Crippen LogP contribution in [0.5, 0.6) is 0 Å². The van der Waals surface area contributed by atoms with Crippen molar-refractivity contribution in [2.24, 2.45) is 0 Å². The second-order valence-corrected chi connectivity index (χ2v) is 6.84.